The zero-order chi connectivity index (χ0) is 35.4. The van der Waals surface area contributed by atoms with E-state index in [0.29, 0.717) is 37.2 Å². The summed E-state index contributed by atoms with van der Waals surface area (Å²) in [6.45, 7) is 24.7. The van der Waals surface area contributed by atoms with Crippen LogP contribution in [0.25, 0.3) is 0 Å². The average molecular weight is 639 g/mol. The van der Waals surface area contributed by atoms with E-state index >= 15 is 0 Å². The molecule has 0 spiro atoms. The molecule has 2 rings (SSSR count). The topological polar surface area (TPSA) is 115 Å². The molecule has 0 aliphatic heterocycles. The molecule has 0 amide bonds. The lowest BCUT2D eigenvalue weighted by atomic mass is 9.77. The Labute approximate surface area is 278 Å². The highest BCUT2D eigenvalue weighted by Crippen LogP contribution is 2.42. The number of rotatable bonds is 13. The fourth-order valence-corrected chi connectivity index (χ4v) is 6.24. The fraction of sp³-hybridized carbons (Fsp3) is 0.650. The maximum Gasteiger partial charge on any atom is 0.306 e. The number of hydrogen-bond acceptors (Lipinski definition) is 4. The quantitative estimate of drug-likeness (QED) is 0.162. The van der Waals surface area contributed by atoms with Crippen LogP contribution in [0.3, 0.4) is 0 Å². The molecule has 0 fully saturated rings. The van der Waals surface area contributed by atoms with Crippen LogP contribution in [0, 0.1) is 11.8 Å². The molecule has 0 heterocycles. The van der Waals surface area contributed by atoms with Gasteiger partial charge in [0.2, 0.25) is 0 Å². The van der Waals surface area contributed by atoms with E-state index < -0.39 is 23.8 Å². The van der Waals surface area contributed by atoms with Gasteiger partial charge in [0.25, 0.3) is 0 Å². The van der Waals surface area contributed by atoms with Crippen LogP contribution in [0.2, 0.25) is 0 Å². The molecule has 2 aromatic rings. The van der Waals surface area contributed by atoms with Gasteiger partial charge in [0.05, 0.1) is 11.8 Å². The number of carboxylic acids is 2. The molecule has 6 heteroatoms. The second-order valence-corrected chi connectivity index (χ2v) is 17.5. The number of phenolic OH excluding ortho intramolecular Hbond substituents is 2. The molecule has 6 nitrogen and oxygen atoms in total. The largest absolute Gasteiger partial charge is 0.507 e. The van der Waals surface area contributed by atoms with Gasteiger partial charge in [0, 0.05) is 0 Å². The van der Waals surface area contributed by atoms with E-state index in [4.69, 9.17) is 0 Å². The van der Waals surface area contributed by atoms with Gasteiger partial charge in [-0.15, -0.1) is 0 Å². The van der Waals surface area contributed by atoms with Gasteiger partial charge in [-0.1, -0.05) is 133 Å². The molecule has 258 valence electrons. The number of aliphatic carboxylic acids is 2. The number of hydrogen-bond donors (Lipinski definition) is 4. The molecule has 0 saturated carbocycles. The van der Waals surface area contributed by atoms with Crippen LogP contribution in [0.15, 0.2) is 24.3 Å². The van der Waals surface area contributed by atoms with Crippen LogP contribution in [-0.2, 0) is 44.1 Å². The van der Waals surface area contributed by atoms with E-state index in [2.05, 4.69) is 83.1 Å². The molecule has 0 radical (unpaired) electrons. The number of benzene rings is 2. The van der Waals surface area contributed by atoms with Gasteiger partial charge in [-0.05, 0) is 80.7 Å². The lowest BCUT2D eigenvalue weighted by Crippen LogP contribution is -2.21. The van der Waals surface area contributed by atoms with Crippen LogP contribution in [-0.4, -0.2) is 32.4 Å². The molecule has 0 bridgehead atoms. The van der Waals surface area contributed by atoms with Crippen LogP contribution >= 0.6 is 0 Å². The first-order chi connectivity index (χ1) is 20.8. The SMILES string of the molecule is CC(C)(C)c1cc(CC(CCCCCCC(Cc2cc(C(C)(C)C)c(O)c(C(C)(C)C)c2)C(=O)O)C(=O)O)cc(C(C)(C)C)c1O. The number of carbonyl (C=O) groups is 2. The van der Waals surface area contributed by atoms with Crippen molar-refractivity contribution in [2.45, 2.75) is 156 Å². The summed E-state index contributed by atoms with van der Waals surface area (Å²) in [4.78, 5) is 24.5. The summed E-state index contributed by atoms with van der Waals surface area (Å²) in [6.07, 6.45) is 5.10. The highest BCUT2D eigenvalue weighted by molar-refractivity contribution is 5.71. The Morgan fingerprint density at radius 3 is 0.935 bits per heavy atom. The first-order valence-electron chi connectivity index (χ1n) is 17.0. The highest BCUT2D eigenvalue weighted by atomic mass is 16.4. The molecular weight excluding hydrogens is 576 g/mol. The van der Waals surface area contributed by atoms with Crippen LogP contribution in [0.1, 0.15) is 155 Å². The minimum absolute atomic E-state index is 0.279. The zero-order valence-electron chi connectivity index (χ0n) is 30.7. The van der Waals surface area contributed by atoms with E-state index in [0.717, 1.165) is 59.1 Å². The monoisotopic (exact) mass is 638 g/mol. The van der Waals surface area contributed by atoms with Crippen LogP contribution in [0.5, 0.6) is 11.5 Å². The van der Waals surface area contributed by atoms with E-state index in [-0.39, 0.29) is 21.7 Å². The van der Waals surface area contributed by atoms with Gasteiger partial charge in [0.15, 0.2) is 0 Å². The van der Waals surface area contributed by atoms with Gasteiger partial charge in [-0.25, -0.2) is 0 Å². The Kier molecular flexibility index (Phi) is 12.6. The Morgan fingerprint density at radius 1 is 0.500 bits per heavy atom. The predicted octanol–water partition coefficient (Wildman–Crippen LogP) is 9.82. The molecule has 0 aromatic heterocycles. The van der Waals surface area contributed by atoms with Gasteiger partial charge < -0.3 is 20.4 Å². The summed E-state index contributed by atoms with van der Waals surface area (Å²) in [5.74, 6) is -2.09. The second-order valence-electron chi connectivity index (χ2n) is 17.5. The van der Waals surface area contributed by atoms with Gasteiger partial charge in [-0.2, -0.15) is 0 Å². The highest BCUT2D eigenvalue weighted by Gasteiger charge is 2.29. The van der Waals surface area contributed by atoms with Crippen molar-refractivity contribution in [3.05, 3.63) is 57.6 Å². The Morgan fingerprint density at radius 2 is 0.739 bits per heavy atom. The summed E-state index contributed by atoms with van der Waals surface area (Å²) in [5.41, 5.74) is 4.10. The van der Waals surface area contributed by atoms with Gasteiger partial charge in [0.1, 0.15) is 11.5 Å². The van der Waals surface area contributed by atoms with E-state index in [1.165, 1.54) is 0 Å². The van der Waals surface area contributed by atoms with Crippen LogP contribution in [0.4, 0.5) is 0 Å². The maximum atomic E-state index is 12.3. The van der Waals surface area contributed by atoms with Crippen molar-refractivity contribution in [3.63, 3.8) is 0 Å². The third kappa shape index (κ3) is 10.8. The minimum atomic E-state index is -0.813. The Balaban J connectivity index is 2.06. The maximum absolute atomic E-state index is 12.3. The molecule has 0 aliphatic carbocycles. The second kappa shape index (κ2) is 14.8. The predicted molar refractivity (Wildman–Crippen MR) is 188 cm³/mol. The first-order valence-corrected chi connectivity index (χ1v) is 17.0. The molecule has 2 atom stereocenters. The molecular formula is C40H62O6. The third-order valence-electron chi connectivity index (χ3n) is 9.09. The summed E-state index contributed by atoms with van der Waals surface area (Å²) in [5, 5.41) is 42.2. The molecule has 0 aliphatic rings. The summed E-state index contributed by atoms with van der Waals surface area (Å²) < 4.78 is 0. The van der Waals surface area contributed by atoms with Crippen molar-refractivity contribution in [1.82, 2.24) is 0 Å². The van der Waals surface area contributed by atoms with E-state index in [1.54, 1.807) is 0 Å². The normalized spacial score (nSPS) is 14.3. The summed E-state index contributed by atoms with van der Waals surface area (Å²) in [6, 6.07) is 7.87. The molecule has 4 N–H and O–H groups in total. The van der Waals surface area contributed by atoms with Crippen LogP contribution < -0.4 is 0 Å². The zero-order valence-corrected chi connectivity index (χ0v) is 30.7. The van der Waals surface area contributed by atoms with Crippen molar-refractivity contribution >= 4 is 11.9 Å². The summed E-state index contributed by atoms with van der Waals surface area (Å²) >= 11 is 0. The number of unbranched alkanes of at least 4 members (excludes halogenated alkanes) is 3. The smallest absolute Gasteiger partial charge is 0.306 e. The lowest BCUT2D eigenvalue weighted by Gasteiger charge is -2.28. The lowest BCUT2D eigenvalue weighted by molar-refractivity contribution is -0.143. The molecule has 2 aromatic carbocycles. The van der Waals surface area contributed by atoms with Crippen molar-refractivity contribution < 1.29 is 30.0 Å². The van der Waals surface area contributed by atoms with Crippen molar-refractivity contribution in [2.24, 2.45) is 11.8 Å². The van der Waals surface area contributed by atoms with Crippen molar-refractivity contribution in [2.75, 3.05) is 0 Å². The number of aromatic hydroxyl groups is 2. The van der Waals surface area contributed by atoms with Gasteiger partial charge in [-0.3, -0.25) is 9.59 Å². The molecule has 46 heavy (non-hydrogen) atoms. The Hall–Kier alpha value is -3.02. The fourth-order valence-electron chi connectivity index (χ4n) is 6.24. The first kappa shape index (κ1) is 39.2. The van der Waals surface area contributed by atoms with E-state index in [9.17, 15) is 30.0 Å². The number of phenols is 2. The van der Waals surface area contributed by atoms with E-state index in [1.807, 2.05) is 24.3 Å². The molecule has 0 saturated heterocycles. The average Bonchev–Trinajstić information content (AvgIpc) is 2.87. The third-order valence-corrected chi connectivity index (χ3v) is 9.09. The standard InChI is InChI=1S/C40H62O6/c1-37(2,3)29-21-25(22-30(33(29)41)38(4,5)6)19-27(35(43)44)17-15-13-14-16-18-28(36(45)46)20-26-23-31(39(7,8)9)34(42)32(24-26)40(10,11)12/h21-24,27-28,41-42H,13-20H2,1-12H3,(H,43,44)(H,45,46). The molecule has 2 unspecified atom stereocenters. The number of carboxylic acid groups (broad SMARTS) is 2. The Bertz CT molecular complexity index is 1180. The summed E-state index contributed by atoms with van der Waals surface area (Å²) in [7, 11) is 0. The van der Waals surface area contributed by atoms with Gasteiger partial charge >= 0.3 is 11.9 Å². The minimum Gasteiger partial charge on any atom is -0.507 e. The van der Waals surface area contributed by atoms with Crippen molar-refractivity contribution in [1.29, 1.82) is 0 Å². The van der Waals surface area contributed by atoms with Crippen molar-refractivity contribution in [3.8, 4) is 11.5 Å².